The smallest absolute Gasteiger partial charge is 0.284 e. The number of amides is 2. The first-order valence-corrected chi connectivity index (χ1v) is 4.63. The number of likely N-dealkylation sites (N-methyl/N-ethyl adjacent to an activating group) is 1. The van der Waals surface area contributed by atoms with Gasteiger partial charge in [-0.05, 0) is 12.2 Å². The highest BCUT2D eigenvalue weighted by atomic mass is 32.1. The quantitative estimate of drug-likeness (QED) is 0.484. The third kappa shape index (κ3) is 1.33. The van der Waals surface area contributed by atoms with Crippen LogP contribution < -0.4 is 5.69 Å². The van der Waals surface area contributed by atoms with Gasteiger partial charge in [0.25, 0.3) is 5.91 Å². The number of rotatable bonds is 1. The van der Waals surface area contributed by atoms with Gasteiger partial charge in [0, 0.05) is 7.05 Å². The summed E-state index contributed by atoms with van der Waals surface area (Å²) in [6.07, 6.45) is -0.0232. The summed E-state index contributed by atoms with van der Waals surface area (Å²) in [4.78, 5) is 35.2. The summed E-state index contributed by atoms with van der Waals surface area (Å²) in [7, 11) is 1.38. The Kier molecular flexibility index (Phi) is 2.07. The average molecular weight is 228 g/mol. The van der Waals surface area contributed by atoms with Crippen LogP contribution in [0.4, 0.5) is 0 Å². The van der Waals surface area contributed by atoms with Gasteiger partial charge in [-0.1, -0.05) is 0 Å². The Labute approximate surface area is 88.7 Å². The second-order valence-corrected chi connectivity index (χ2v) is 3.63. The van der Waals surface area contributed by atoms with Crippen LogP contribution in [-0.4, -0.2) is 38.5 Å². The highest BCUT2D eigenvalue weighted by molar-refractivity contribution is 7.71. The van der Waals surface area contributed by atoms with Crippen molar-refractivity contribution in [2.24, 2.45) is 0 Å². The van der Waals surface area contributed by atoms with E-state index >= 15 is 0 Å². The number of nitrogens with zero attached hydrogens (tertiary/aromatic N) is 2. The fraction of sp³-hybridized carbons (Fsp3) is 0.429. The predicted molar refractivity (Wildman–Crippen MR) is 51.7 cm³/mol. The molecule has 8 heteroatoms. The molecule has 7 nitrogen and oxygen atoms in total. The molecule has 80 valence electrons. The van der Waals surface area contributed by atoms with Gasteiger partial charge in [0.1, 0.15) is 6.04 Å². The van der Waals surface area contributed by atoms with Crippen molar-refractivity contribution in [3.63, 3.8) is 0 Å². The molecule has 1 saturated heterocycles. The molecule has 1 atom stereocenters. The van der Waals surface area contributed by atoms with Crippen molar-refractivity contribution in [3.05, 3.63) is 15.3 Å². The van der Waals surface area contributed by atoms with Crippen molar-refractivity contribution in [1.82, 2.24) is 19.7 Å². The predicted octanol–water partition coefficient (Wildman–Crippen LogP) is -0.836. The van der Waals surface area contributed by atoms with Crippen LogP contribution in [0, 0.1) is 4.77 Å². The molecule has 0 saturated carbocycles. The van der Waals surface area contributed by atoms with E-state index in [1.165, 1.54) is 7.05 Å². The highest BCUT2D eigenvalue weighted by Crippen LogP contribution is 2.21. The third-order valence-electron chi connectivity index (χ3n) is 2.38. The van der Waals surface area contributed by atoms with Crippen LogP contribution in [0.15, 0.2) is 4.79 Å². The zero-order valence-corrected chi connectivity index (χ0v) is 8.63. The molecule has 2 heterocycles. The van der Waals surface area contributed by atoms with Gasteiger partial charge < -0.3 is 0 Å². The summed E-state index contributed by atoms with van der Waals surface area (Å²) < 4.78 is 1.19. The van der Waals surface area contributed by atoms with Gasteiger partial charge >= 0.3 is 5.69 Å². The second kappa shape index (κ2) is 3.16. The van der Waals surface area contributed by atoms with Gasteiger partial charge in [-0.3, -0.25) is 24.2 Å². The normalized spacial score (nSPS) is 21.4. The number of carbonyl (C=O) groups excluding carboxylic acids is 2. The van der Waals surface area contributed by atoms with Crippen molar-refractivity contribution in [2.45, 2.75) is 12.5 Å². The maximum absolute atomic E-state index is 11.6. The van der Waals surface area contributed by atoms with E-state index in [1.54, 1.807) is 0 Å². The van der Waals surface area contributed by atoms with Gasteiger partial charge in [0.05, 0.1) is 6.42 Å². The van der Waals surface area contributed by atoms with Crippen LogP contribution in [0.3, 0.4) is 0 Å². The Morgan fingerprint density at radius 2 is 2.00 bits per heavy atom. The number of H-pyrrole nitrogens is 2. The third-order valence-corrected chi connectivity index (χ3v) is 2.68. The molecule has 1 aromatic rings. The number of hydrogen-bond acceptors (Lipinski definition) is 4. The molecular formula is C7H8N4O3S. The van der Waals surface area contributed by atoms with Crippen LogP contribution in [0.2, 0.25) is 0 Å². The van der Waals surface area contributed by atoms with Crippen LogP contribution >= 0.6 is 12.2 Å². The van der Waals surface area contributed by atoms with Crippen LogP contribution in [-0.2, 0) is 9.59 Å². The van der Waals surface area contributed by atoms with E-state index in [1.807, 2.05) is 0 Å². The summed E-state index contributed by atoms with van der Waals surface area (Å²) in [6.45, 7) is 0. The summed E-state index contributed by atoms with van der Waals surface area (Å²) in [5.74, 6) is -0.728. The lowest BCUT2D eigenvalue weighted by Crippen LogP contribution is -2.30. The summed E-state index contributed by atoms with van der Waals surface area (Å²) >= 11 is 4.83. The van der Waals surface area contributed by atoms with E-state index in [0.717, 1.165) is 9.47 Å². The lowest BCUT2D eigenvalue weighted by molar-refractivity contribution is -0.137. The van der Waals surface area contributed by atoms with E-state index in [4.69, 9.17) is 12.2 Å². The van der Waals surface area contributed by atoms with Crippen molar-refractivity contribution in [3.8, 4) is 0 Å². The van der Waals surface area contributed by atoms with Crippen LogP contribution in [0.1, 0.15) is 12.5 Å². The summed E-state index contributed by atoms with van der Waals surface area (Å²) in [5.41, 5.74) is -0.513. The van der Waals surface area contributed by atoms with E-state index in [0.29, 0.717) is 0 Å². The Morgan fingerprint density at radius 3 is 2.40 bits per heavy atom. The number of nitrogens with one attached hydrogen (secondary N) is 2. The van der Waals surface area contributed by atoms with Gasteiger partial charge in [0.2, 0.25) is 5.91 Å². The minimum atomic E-state index is -0.815. The molecule has 1 fully saturated rings. The highest BCUT2D eigenvalue weighted by Gasteiger charge is 2.38. The summed E-state index contributed by atoms with van der Waals surface area (Å²) in [6, 6.07) is -0.815. The summed E-state index contributed by atoms with van der Waals surface area (Å²) in [5, 5.41) is 4.68. The first-order chi connectivity index (χ1) is 7.02. The molecule has 0 bridgehead atoms. The van der Waals surface area contributed by atoms with Gasteiger partial charge in [0.15, 0.2) is 4.77 Å². The number of aromatic amines is 2. The Hall–Kier alpha value is -1.70. The molecule has 0 spiro atoms. The van der Waals surface area contributed by atoms with E-state index in [-0.39, 0.29) is 17.1 Å². The number of aromatic nitrogens is 3. The van der Waals surface area contributed by atoms with Crippen LogP contribution in [0.25, 0.3) is 0 Å². The van der Waals surface area contributed by atoms with Gasteiger partial charge in [-0.25, -0.2) is 9.89 Å². The maximum Gasteiger partial charge on any atom is 0.343 e. The average Bonchev–Trinajstić information content (AvgIpc) is 2.63. The second-order valence-electron chi connectivity index (χ2n) is 3.24. The van der Waals surface area contributed by atoms with Crippen molar-refractivity contribution >= 4 is 24.0 Å². The molecule has 0 aromatic carbocycles. The first-order valence-electron chi connectivity index (χ1n) is 4.22. The SMILES string of the molecule is CN1C(=O)CC(n2c(=O)[nH][nH]c2=S)C1=O. The minimum Gasteiger partial charge on any atom is -0.284 e. The topological polar surface area (TPSA) is 91.0 Å². The number of likely N-dealkylation sites (tertiary alicyclic amines) is 1. The number of hydrogen-bond donors (Lipinski definition) is 2. The molecular weight excluding hydrogens is 220 g/mol. The lowest BCUT2D eigenvalue weighted by Gasteiger charge is -2.07. The van der Waals surface area contributed by atoms with E-state index in [2.05, 4.69) is 10.2 Å². The van der Waals surface area contributed by atoms with E-state index in [9.17, 15) is 14.4 Å². The first kappa shape index (κ1) is 9.84. The lowest BCUT2D eigenvalue weighted by atomic mass is 10.2. The maximum atomic E-state index is 11.6. The minimum absolute atomic E-state index is 0.0232. The molecule has 1 aromatic heterocycles. The fourth-order valence-electron chi connectivity index (χ4n) is 1.54. The van der Waals surface area contributed by atoms with Crippen molar-refractivity contribution in [2.75, 3.05) is 7.05 Å². The standard InChI is InChI=1S/C7H8N4O3S/c1-10-4(12)2-3(5(10)13)11-6(14)8-9-7(11)15/h3H,2H2,1H3,(H,8,14)(H,9,15). The van der Waals surface area contributed by atoms with Gasteiger partial charge in [-0.2, -0.15) is 0 Å². The Balaban J connectivity index is 2.51. The van der Waals surface area contributed by atoms with Gasteiger partial charge in [-0.15, -0.1) is 0 Å². The molecule has 2 rings (SSSR count). The van der Waals surface area contributed by atoms with Crippen molar-refractivity contribution < 1.29 is 9.59 Å². The molecule has 0 radical (unpaired) electrons. The molecule has 2 N–H and O–H groups in total. The number of imide groups is 1. The molecule has 0 aliphatic carbocycles. The molecule has 1 aliphatic heterocycles. The Bertz CT molecular complexity index is 511. The molecule has 1 unspecified atom stereocenters. The zero-order valence-electron chi connectivity index (χ0n) is 7.81. The largest absolute Gasteiger partial charge is 0.343 e. The van der Waals surface area contributed by atoms with E-state index < -0.39 is 17.6 Å². The zero-order chi connectivity index (χ0) is 11.2. The monoisotopic (exact) mass is 228 g/mol. The number of carbonyl (C=O) groups is 2. The molecule has 15 heavy (non-hydrogen) atoms. The Morgan fingerprint density at radius 1 is 1.33 bits per heavy atom. The van der Waals surface area contributed by atoms with Crippen LogP contribution in [0.5, 0.6) is 0 Å². The van der Waals surface area contributed by atoms with Crippen molar-refractivity contribution in [1.29, 1.82) is 0 Å². The fourth-order valence-corrected chi connectivity index (χ4v) is 1.80. The molecule has 2 amide bonds. The molecule has 1 aliphatic rings.